The largest absolute Gasteiger partial charge is 0.392 e. The van der Waals surface area contributed by atoms with Crippen LogP contribution < -0.4 is 10.6 Å². The molecule has 16 heavy (non-hydrogen) atoms. The fourth-order valence-electron chi connectivity index (χ4n) is 0.919. The number of hydrogen-bond acceptors (Lipinski definition) is 5. The minimum Gasteiger partial charge on any atom is -0.392 e. The number of aryl methyl sites for hydroxylation is 1. The van der Waals surface area contributed by atoms with E-state index in [9.17, 15) is 9.59 Å². The molecule has 0 aliphatic rings. The van der Waals surface area contributed by atoms with Crippen molar-refractivity contribution in [1.29, 1.82) is 0 Å². The number of rotatable bonds is 3. The zero-order chi connectivity index (χ0) is 12.1. The predicted molar refractivity (Wildman–Crippen MR) is 54.6 cm³/mol. The van der Waals surface area contributed by atoms with Gasteiger partial charge in [-0.3, -0.25) is 14.9 Å². The molecule has 7 heteroatoms. The molecule has 0 aliphatic carbocycles. The molecule has 1 aromatic heterocycles. The van der Waals surface area contributed by atoms with Crippen molar-refractivity contribution < 1.29 is 19.2 Å². The Morgan fingerprint density at radius 1 is 1.56 bits per heavy atom. The number of nitrogens with zero attached hydrogens (tertiary/aromatic N) is 1. The summed E-state index contributed by atoms with van der Waals surface area (Å²) < 4.78 is 4.71. The van der Waals surface area contributed by atoms with Gasteiger partial charge in [-0.15, -0.1) is 0 Å². The lowest BCUT2D eigenvalue weighted by atomic mass is 10.4. The van der Waals surface area contributed by atoms with Crippen molar-refractivity contribution >= 4 is 17.6 Å². The van der Waals surface area contributed by atoms with Crippen molar-refractivity contribution in [1.82, 2.24) is 10.5 Å². The lowest BCUT2D eigenvalue weighted by Gasteiger charge is -2.05. The minimum atomic E-state index is -0.853. The third kappa shape index (κ3) is 3.70. The minimum absolute atomic E-state index is 0.0180. The van der Waals surface area contributed by atoms with Crippen LogP contribution in [0.3, 0.4) is 0 Å². The first-order valence-corrected chi connectivity index (χ1v) is 4.69. The maximum atomic E-state index is 11.2. The number of carbonyl (C=O) groups is 2. The topological polar surface area (TPSA) is 104 Å². The fraction of sp³-hybridized carbons (Fsp3) is 0.444. The maximum absolute atomic E-state index is 11.2. The van der Waals surface area contributed by atoms with Gasteiger partial charge in [-0.1, -0.05) is 5.16 Å². The second-order valence-corrected chi connectivity index (χ2v) is 3.34. The maximum Gasteiger partial charge on any atom is 0.314 e. The van der Waals surface area contributed by atoms with E-state index in [4.69, 9.17) is 9.63 Å². The third-order valence-corrected chi connectivity index (χ3v) is 1.63. The first-order valence-electron chi connectivity index (χ1n) is 4.69. The molecule has 1 unspecified atom stereocenters. The summed E-state index contributed by atoms with van der Waals surface area (Å²) in [4.78, 5) is 22.4. The van der Waals surface area contributed by atoms with Crippen LogP contribution in [0.4, 0.5) is 5.82 Å². The lowest BCUT2D eigenvalue weighted by molar-refractivity contribution is -0.136. The normalized spacial score (nSPS) is 11.9. The Kier molecular flexibility index (Phi) is 4.01. The highest BCUT2D eigenvalue weighted by Gasteiger charge is 2.15. The molecule has 0 saturated carbocycles. The Bertz CT molecular complexity index is 386. The summed E-state index contributed by atoms with van der Waals surface area (Å²) in [5.41, 5.74) is 0. The molecular weight excluding hydrogens is 214 g/mol. The number of carbonyl (C=O) groups excluding carboxylic acids is 2. The second-order valence-electron chi connectivity index (χ2n) is 3.34. The van der Waals surface area contributed by atoms with E-state index in [1.54, 1.807) is 6.92 Å². The van der Waals surface area contributed by atoms with Crippen molar-refractivity contribution in [2.75, 3.05) is 11.9 Å². The van der Waals surface area contributed by atoms with Gasteiger partial charge in [0.1, 0.15) is 5.76 Å². The van der Waals surface area contributed by atoms with Crippen molar-refractivity contribution in [2.45, 2.75) is 20.0 Å². The van der Waals surface area contributed by atoms with Gasteiger partial charge in [0.05, 0.1) is 6.10 Å². The lowest BCUT2D eigenvalue weighted by Crippen LogP contribution is -2.38. The van der Waals surface area contributed by atoms with Crippen molar-refractivity contribution in [2.24, 2.45) is 0 Å². The zero-order valence-corrected chi connectivity index (χ0v) is 8.98. The molecule has 0 bridgehead atoms. The second kappa shape index (κ2) is 5.26. The molecule has 0 aromatic carbocycles. The van der Waals surface area contributed by atoms with Crippen LogP contribution in [0.1, 0.15) is 12.7 Å². The number of nitrogens with one attached hydrogen (secondary N) is 2. The number of hydrogen-bond donors (Lipinski definition) is 3. The van der Waals surface area contributed by atoms with Crippen molar-refractivity contribution in [3.8, 4) is 0 Å². The molecule has 88 valence electrons. The molecule has 0 saturated heterocycles. The summed E-state index contributed by atoms with van der Waals surface area (Å²) in [5.74, 6) is -0.982. The number of aromatic nitrogens is 1. The first-order chi connectivity index (χ1) is 7.49. The molecular formula is C9H13N3O4. The van der Waals surface area contributed by atoms with Gasteiger partial charge in [0, 0.05) is 12.6 Å². The Labute approximate surface area is 91.8 Å². The van der Waals surface area contributed by atoms with Crippen LogP contribution in [0.15, 0.2) is 10.6 Å². The summed E-state index contributed by atoms with van der Waals surface area (Å²) in [5, 5.41) is 16.9. The molecule has 1 aromatic rings. The van der Waals surface area contributed by atoms with Gasteiger partial charge in [0.15, 0.2) is 5.82 Å². The Hall–Kier alpha value is -1.89. The van der Waals surface area contributed by atoms with Gasteiger partial charge in [0.25, 0.3) is 0 Å². The summed E-state index contributed by atoms with van der Waals surface area (Å²) in [6.07, 6.45) is -0.703. The summed E-state index contributed by atoms with van der Waals surface area (Å²) in [7, 11) is 0. The summed E-state index contributed by atoms with van der Waals surface area (Å²) in [6.45, 7) is 3.18. The standard InChI is InChI=1S/C9H13N3O4/c1-5(13)4-10-8(14)9(15)11-7-3-6(2)16-12-7/h3,5,13H,4H2,1-2H3,(H,10,14)(H,11,12,15). The van der Waals surface area contributed by atoms with E-state index in [1.165, 1.54) is 13.0 Å². The monoisotopic (exact) mass is 227 g/mol. The van der Waals surface area contributed by atoms with E-state index in [1.807, 2.05) is 0 Å². The zero-order valence-electron chi connectivity index (χ0n) is 8.98. The average Bonchev–Trinajstić information content (AvgIpc) is 2.60. The molecule has 0 aliphatic heterocycles. The van der Waals surface area contributed by atoms with Gasteiger partial charge in [-0.2, -0.15) is 0 Å². The van der Waals surface area contributed by atoms with E-state index < -0.39 is 17.9 Å². The van der Waals surface area contributed by atoms with Crippen LogP contribution in [0, 0.1) is 6.92 Å². The predicted octanol–water partition coefficient (Wildman–Crippen LogP) is -0.581. The van der Waals surface area contributed by atoms with E-state index in [-0.39, 0.29) is 12.4 Å². The highest BCUT2D eigenvalue weighted by Crippen LogP contribution is 2.06. The highest BCUT2D eigenvalue weighted by atomic mass is 16.5. The summed E-state index contributed by atoms with van der Waals surface area (Å²) >= 11 is 0. The van der Waals surface area contributed by atoms with Crippen LogP contribution in [0.25, 0.3) is 0 Å². The van der Waals surface area contributed by atoms with Crippen molar-refractivity contribution in [3.63, 3.8) is 0 Å². The molecule has 3 N–H and O–H groups in total. The Morgan fingerprint density at radius 3 is 2.75 bits per heavy atom. The van der Waals surface area contributed by atoms with Crippen molar-refractivity contribution in [3.05, 3.63) is 11.8 Å². The Balaban J connectivity index is 2.43. The van der Waals surface area contributed by atoms with Crippen LogP contribution in [-0.4, -0.2) is 34.7 Å². The molecule has 0 radical (unpaired) electrons. The van der Waals surface area contributed by atoms with E-state index in [2.05, 4.69) is 15.8 Å². The molecule has 2 amide bonds. The summed E-state index contributed by atoms with van der Waals surface area (Å²) in [6, 6.07) is 1.49. The highest BCUT2D eigenvalue weighted by molar-refractivity contribution is 6.39. The third-order valence-electron chi connectivity index (χ3n) is 1.63. The van der Waals surface area contributed by atoms with E-state index in [0.717, 1.165) is 0 Å². The quantitative estimate of drug-likeness (QED) is 0.599. The van der Waals surface area contributed by atoms with Gasteiger partial charge in [-0.25, -0.2) is 0 Å². The molecule has 0 spiro atoms. The fourth-order valence-corrected chi connectivity index (χ4v) is 0.919. The van der Waals surface area contributed by atoms with Gasteiger partial charge in [0.2, 0.25) is 0 Å². The molecule has 1 heterocycles. The molecule has 1 rings (SSSR count). The molecule has 0 fully saturated rings. The van der Waals surface area contributed by atoms with Gasteiger partial charge < -0.3 is 14.9 Å². The van der Waals surface area contributed by atoms with Crippen LogP contribution >= 0.6 is 0 Å². The van der Waals surface area contributed by atoms with Gasteiger partial charge >= 0.3 is 11.8 Å². The van der Waals surface area contributed by atoms with Crippen LogP contribution in [0.2, 0.25) is 0 Å². The van der Waals surface area contributed by atoms with Crippen LogP contribution in [-0.2, 0) is 9.59 Å². The number of aliphatic hydroxyl groups is 1. The van der Waals surface area contributed by atoms with E-state index >= 15 is 0 Å². The Morgan fingerprint density at radius 2 is 2.25 bits per heavy atom. The molecule has 1 atom stereocenters. The smallest absolute Gasteiger partial charge is 0.314 e. The number of amides is 2. The van der Waals surface area contributed by atoms with Gasteiger partial charge in [-0.05, 0) is 13.8 Å². The first kappa shape index (κ1) is 12.2. The average molecular weight is 227 g/mol. The number of anilines is 1. The number of aliphatic hydroxyl groups excluding tert-OH is 1. The van der Waals surface area contributed by atoms with Crippen LogP contribution in [0.5, 0.6) is 0 Å². The molecule has 7 nitrogen and oxygen atoms in total. The van der Waals surface area contributed by atoms with E-state index in [0.29, 0.717) is 5.76 Å². The SMILES string of the molecule is Cc1cc(NC(=O)C(=O)NCC(C)O)no1.